The Morgan fingerprint density at radius 2 is 2.33 bits per heavy atom. The summed E-state index contributed by atoms with van der Waals surface area (Å²) in [6, 6.07) is 0. The summed E-state index contributed by atoms with van der Waals surface area (Å²) in [7, 11) is 1.30. The van der Waals surface area contributed by atoms with E-state index >= 15 is 0 Å². The zero-order chi connectivity index (χ0) is 7.28. The molecule has 0 unspecified atom stereocenters. The lowest BCUT2D eigenvalue weighted by atomic mass is 10.4. The average Bonchev–Trinajstić information content (AvgIpc) is 1.90. The molecule has 0 aliphatic heterocycles. The number of methoxy groups -OCH3 is 1. The second kappa shape index (κ2) is 3.83. The maximum absolute atomic E-state index is 10.5. The molecule has 0 saturated carbocycles. The molecule has 0 aromatic rings. The molecule has 0 saturated heterocycles. The van der Waals surface area contributed by atoms with Gasteiger partial charge in [-0.1, -0.05) is 6.08 Å². The second-order valence-electron chi connectivity index (χ2n) is 1.32. The van der Waals surface area contributed by atoms with E-state index in [0.29, 0.717) is 0 Å². The van der Waals surface area contributed by atoms with E-state index < -0.39 is 5.97 Å². The lowest BCUT2D eigenvalue weighted by molar-refractivity contribution is -0.136. The number of aliphatic imine (C=N–C) groups is 1. The Hall–Kier alpha value is -1.12. The van der Waals surface area contributed by atoms with E-state index in [9.17, 15) is 4.79 Å². The first-order valence-corrected chi connectivity index (χ1v) is 2.47. The minimum atomic E-state index is -0.451. The van der Waals surface area contributed by atoms with E-state index in [-0.39, 0.29) is 5.70 Å². The number of carbonyl (C=O) groups excluding carboxylic acids is 1. The molecule has 0 fully saturated rings. The van der Waals surface area contributed by atoms with Gasteiger partial charge in [-0.25, -0.2) is 4.79 Å². The summed E-state index contributed by atoms with van der Waals surface area (Å²) in [5.74, 6) is -0.451. The topological polar surface area (TPSA) is 38.7 Å². The predicted molar refractivity (Wildman–Crippen MR) is 35.3 cm³/mol. The van der Waals surface area contributed by atoms with Crippen LogP contribution in [0.1, 0.15) is 6.92 Å². The van der Waals surface area contributed by atoms with Gasteiger partial charge in [0.25, 0.3) is 0 Å². The average molecular weight is 127 g/mol. The smallest absolute Gasteiger partial charge is 0.356 e. The van der Waals surface area contributed by atoms with Gasteiger partial charge < -0.3 is 4.74 Å². The normalized spacial score (nSPS) is 10.7. The number of esters is 1. The van der Waals surface area contributed by atoms with Crippen LogP contribution in [0.4, 0.5) is 0 Å². The highest BCUT2D eigenvalue weighted by Gasteiger charge is 2.02. The Kier molecular flexibility index (Phi) is 3.35. The lowest BCUT2D eigenvalue weighted by Gasteiger charge is -1.94. The quantitative estimate of drug-likeness (QED) is 0.312. The number of allylic oxidation sites excluding steroid dienone is 1. The van der Waals surface area contributed by atoms with Crippen molar-refractivity contribution in [1.82, 2.24) is 0 Å². The molecule has 50 valence electrons. The van der Waals surface area contributed by atoms with Crippen molar-refractivity contribution in [1.29, 1.82) is 0 Å². The summed E-state index contributed by atoms with van der Waals surface area (Å²) < 4.78 is 4.35. The van der Waals surface area contributed by atoms with E-state index in [1.165, 1.54) is 7.11 Å². The van der Waals surface area contributed by atoms with Gasteiger partial charge in [0.1, 0.15) is 5.70 Å². The monoisotopic (exact) mass is 127 g/mol. The molecule has 0 amide bonds. The third-order valence-corrected chi connectivity index (χ3v) is 0.838. The predicted octanol–water partition coefficient (Wildman–Crippen LogP) is 0.764. The zero-order valence-corrected chi connectivity index (χ0v) is 5.55. The van der Waals surface area contributed by atoms with E-state index in [4.69, 9.17) is 0 Å². The van der Waals surface area contributed by atoms with Gasteiger partial charge in [0.05, 0.1) is 7.11 Å². The van der Waals surface area contributed by atoms with Crippen molar-refractivity contribution in [3.63, 3.8) is 0 Å². The first-order chi connectivity index (χ1) is 4.26. The van der Waals surface area contributed by atoms with Gasteiger partial charge in [0, 0.05) is 0 Å². The number of hydrogen-bond donors (Lipinski definition) is 0. The van der Waals surface area contributed by atoms with Crippen LogP contribution < -0.4 is 0 Å². The van der Waals surface area contributed by atoms with E-state index in [1.54, 1.807) is 13.0 Å². The number of carbonyl (C=O) groups is 1. The van der Waals surface area contributed by atoms with Gasteiger partial charge in [0.15, 0.2) is 0 Å². The van der Waals surface area contributed by atoms with Crippen LogP contribution in [0, 0.1) is 0 Å². The summed E-state index contributed by atoms with van der Waals surface area (Å²) in [5, 5.41) is 0. The maximum atomic E-state index is 10.5. The lowest BCUT2D eigenvalue weighted by Crippen LogP contribution is -2.01. The molecule has 0 aromatic heterocycles. The minimum absolute atomic E-state index is 0.248. The van der Waals surface area contributed by atoms with Crippen molar-refractivity contribution in [2.45, 2.75) is 6.92 Å². The molecular formula is C6H9NO2. The van der Waals surface area contributed by atoms with Gasteiger partial charge >= 0.3 is 5.97 Å². The van der Waals surface area contributed by atoms with Crippen molar-refractivity contribution in [2.24, 2.45) is 4.99 Å². The molecule has 0 N–H and O–H groups in total. The van der Waals surface area contributed by atoms with Crippen molar-refractivity contribution in [2.75, 3.05) is 7.11 Å². The van der Waals surface area contributed by atoms with Gasteiger partial charge in [-0.05, 0) is 13.6 Å². The van der Waals surface area contributed by atoms with Crippen LogP contribution in [0.3, 0.4) is 0 Å². The molecule has 0 rings (SSSR count). The molecule has 0 spiro atoms. The number of rotatable bonds is 2. The van der Waals surface area contributed by atoms with Crippen molar-refractivity contribution >= 4 is 12.7 Å². The highest BCUT2D eigenvalue weighted by Crippen LogP contribution is 1.95. The SMILES string of the molecule is C=N/C(=C\C)C(=O)OC. The Morgan fingerprint density at radius 1 is 1.78 bits per heavy atom. The summed E-state index contributed by atoms with van der Waals surface area (Å²) >= 11 is 0. The standard InChI is InChI=1S/C6H9NO2/c1-4-5(7-2)6(8)9-3/h4H,2H2,1,3H3/b5-4-. The minimum Gasteiger partial charge on any atom is -0.464 e. The van der Waals surface area contributed by atoms with Crippen molar-refractivity contribution in [3.8, 4) is 0 Å². The zero-order valence-electron chi connectivity index (χ0n) is 5.55. The van der Waals surface area contributed by atoms with Crippen LogP contribution in [-0.4, -0.2) is 19.8 Å². The molecule has 0 radical (unpaired) electrons. The van der Waals surface area contributed by atoms with Gasteiger partial charge in [-0.2, -0.15) is 0 Å². The molecule has 0 aliphatic carbocycles. The first-order valence-electron chi connectivity index (χ1n) is 2.47. The van der Waals surface area contributed by atoms with E-state index in [0.717, 1.165) is 0 Å². The summed E-state index contributed by atoms with van der Waals surface area (Å²) in [4.78, 5) is 14.0. The molecule has 9 heavy (non-hydrogen) atoms. The molecule has 0 aliphatic rings. The van der Waals surface area contributed by atoms with Crippen LogP contribution in [0.5, 0.6) is 0 Å². The Bertz CT molecular complexity index is 149. The summed E-state index contributed by atoms with van der Waals surface area (Å²) in [6.07, 6.45) is 1.54. The Balaban J connectivity index is 4.14. The fraction of sp³-hybridized carbons (Fsp3) is 0.333. The van der Waals surface area contributed by atoms with Gasteiger partial charge in [-0.3, -0.25) is 4.99 Å². The van der Waals surface area contributed by atoms with Crippen LogP contribution in [0.25, 0.3) is 0 Å². The molecule has 0 bridgehead atoms. The highest BCUT2D eigenvalue weighted by molar-refractivity contribution is 5.88. The van der Waals surface area contributed by atoms with Gasteiger partial charge in [-0.15, -0.1) is 0 Å². The third kappa shape index (κ3) is 2.08. The largest absolute Gasteiger partial charge is 0.464 e. The molecular weight excluding hydrogens is 118 g/mol. The summed E-state index contributed by atoms with van der Waals surface area (Å²) in [6.45, 7) is 4.88. The van der Waals surface area contributed by atoms with Crippen LogP contribution in [-0.2, 0) is 9.53 Å². The van der Waals surface area contributed by atoms with Crippen molar-refractivity contribution < 1.29 is 9.53 Å². The highest BCUT2D eigenvalue weighted by atomic mass is 16.5. The van der Waals surface area contributed by atoms with E-state index in [2.05, 4.69) is 16.4 Å². The van der Waals surface area contributed by atoms with Crippen molar-refractivity contribution in [3.05, 3.63) is 11.8 Å². The van der Waals surface area contributed by atoms with Crippen LogP contribution in [0.15, 0.2) is 16.8 Å². The van der Waals surface area contributed by atoms with Crippen LogP contribution in [0.2, 0.25) is 0 Å². The van der Waals surface area contributed by atoms with Gasteiger partial charge in [0.2, 0.25) is 0 Å². The third-order valence-electron chi connectivity index (χ3n) is 0.838. The first kappa shape index (κ1) is 7.88. The number of ether oxygens (including phenoxy) is 1. The number of nitrogens with zero attached hydrogens (tertiary/aromatic N) is 1. The molecule has 0 aromatic carbocycles. The van der Waals surface area contributed by atoms with Crippen LogP contribution >= 0.6 is 0 Å². The van der Waals surface area contributed by atoms with E-state index in [1.807, 2.05) is 0 Å². The molecule has 0 heterocycles. The second-order valence-corrected chi connectivity index (χ2v) is 1.32. The summed E-state index contributed by atoms with van der Waals surface area (Å²) in [5.41, 5.74) is 0.248. The molecule has 0 atom stereocenters. The fourth-order valence-electron chi connectivity index (χ4n) is 0.378. The fourth-order valence-corrected chi connectivity index (χ4v) is 0.378. The maximum Gasteiger partial charge on any atom is 0.356 e. The Morgan fingerprint density at radius 3 is 2.44 bits per heavy atom. The molecule has 3 nitrogen and oxygen atoms in total. The molecule has 3 heteroatoms. The Labute approximate surface area is 54.0 Å². The number of hydrogen-bond acceptors (Lipinski definition) is 3.